The summed E-state index contributed by atoms with van der Waals surface area (Å²) in [5, 5.41) is 0.234. The fraction of sp³-hybridized carbons (Fsp3) is 0.700. The van der Waals surface area contributed by atoms with Crippen molar-refractivity contribution in [2.24, 2.45) is 0 Å². The first-order valence-electron chi connectivity index (χ1n) is 9.34. The summed E-state index contributed by atoms with van der Waals surface area (Å²) in [4.78, 5) is 0. The van der Waals surface area contributed by atoms with Crippen LogP contribution in [0.3, 0.4) is 0 Å². The van der Waals surface area contributed by atoms with Crippen molar-refractivity contribution in [2.75, 3.05) is 6.61 Å². The third-order valence-electron chi connectivity index (χ3n) is 6.20. The molecule has 1 fully saturated rings. The zero-order chi connectivity index (χ0) is 19.1. The first-order chi connectivity index (χ1) is 11.3. The van der Waals surface area contributed by atoms with Crippen LogP contribution in [0.15, 0.2) is 24.3 Å². The van der Waals surface area contributed by atoms with Gasteiger partial charge in [0.2, 0.25) is 0 Å². The minimum Gasteiger partial charge on any atom is -0.416 e. The summed E-state index contributed by atoms with van der Waals surface area (Å²) in [5.74, 6) is 0. The van der Waals surface area contributed by atoms with Gasteiger partial charge >= 0.3 is 7.12 Å². The molecule has 1 heterocycles. The molecule has 1 aromatic carbocycles. The summed E-state index contributed by atoms with van der Waals surface area (Å²) in [7, 11) is -2.03. The minimum atomic E-state index is -1.72. The van der Waals surface area contributed by atoms with Gasteiger partial charge in [-0.05, 0) is 63.3 Å². The van der Waals surface area contributed by atoms with Crippen molar-refractivity contribution in [1.29, 1.82) is 0 Å². The van der Waals surface area contributed by atoms with E-state index in [9.17, 15) is 0 Å². The van der Waals surface area contributed by atoms with Gasteiger partial charge in [-0.3, -0.25) is 0 Å². The van der Waals surface area contributed by atoms with Crippen LogP contribution in [0.5, 0.6) is 0 Å². The Morgan fingerprint density at radius 3 is 2.04 bits per heavy atom. The minimum absolute atomic E-state index is 0.234. The van der Waals surface area contributed by atoms with Gasteiger partial charge in [0, 0.05) is 6.61 Å². The lowest BCUT2D eigenvalue weighted by atomic mass is 9.75. The summed E-state index contributed by atoms with van der Waals surface area (Å²) in [6.07, 6.45) is 0.882. The molecule has 0 bridgehead atoms. The van der Waals surface area contributed by atoms with E-state index in [4.69, 9.17) is 13.7 Å². The molecule has 1 aliphatic rings. The molecule has 140 valence electrons. The largest absolute Gasteiger partial charge is 0.495 e. The van der Waals surface area contributed by atoms with Crippen LogP contribution in [0, 0.1) is 0 Å². The van der Waals surface area contributed by atoms with Crippen molar-refractivity contribution in [3.63, 3.8) is 0 Å². The Kier molecular flexibility index (Phi) is 5.66. The van der Waals surface area contributed by atoms with Gasteiger partial charge < -0.3 is 13.7 Å². The third-order valence-corrected chi connectivity index (χ3v) is 10.7. The van der Waals surface area contributed by atoms with Gasteiger partial charge in [-0.1, -0.05) is 45.0 Å². The summed E-state index contributed by atoms with van der Waals surface area (Å²) < 4.78 is 18.8. The fourth-order valence-corrected chi connectivity index (χ4v) is 3.64. The lowest BCUT2D eigenvalue weighted by molar-refractivity contribution is 0.00578. The predicted molar refractivity (Wildman–Crippen MR) is 109 cm³/mol. The maximum absolute atomic E-state index is 6.35. The van der Waals surface area contributed by atoms with Crippen molar-refractivity contribution >= 4 is 20.9 Å². The van der Waals surface area contributed by atoms with Crippen LogP contribution in [0.4, 0.5) is 0 Å². The van der Waals surface area contributed by atoms with Gasteiger partial charge in [-0.25, -0.2) is 0 Å². The lowest BCUT2D eigenvalue weighted by Gasteiger charge is -2.36. The van der Waals surface area contributed by atoms with Crippen molar-refractivity contribution in [3.8, 4) is 0 Å². The van der Waals surface area contributed by atoms with Gasteiger partial charge in [-0.2, -0.15) is 0 Å². The predicted octanol–water partition coefficient (Wildman–Crippen LogP) is 4.55. The van der Waals surface area contributed by atoms with Gasteiger partial charge in [-0.15, -0.1) is 0 Å². The molecular formula is C20H35BO3Si. The van der Waals surface area contributed by atoms with Crippen LogP contribution >= 0.6 is 0 Å². The van der Waals surface area contributed by atoms with Crippen molar-refractivity contribution in [2.45, 2.75) is 84.2 Å². The monoisotopic (exact) mass is 362 g/mol. The van der Waals surface area contributed by atoms with Crippen LogP contribution in [0.1, 0.15) is 54.0 Å². The van der Waals surface area contributed by atoms with Crippen molar-refractivity contribution in [3.05, 3.63) is 29.8 Å². The average Bonchev–Trinajstić information content (AvgIpc) is 2.66. The smallest absolute Gasteiger partial charge is 0.416 e. The molecular weight excluding hydrogens is 327 g/mol. The topological polar surface area (TPSA) is 27.7 Å². The Hall–Kier alpha value is -0.618. The van der Waals surface area contributed by atoms with E-state index in [1.165, 1.54) is 5.56 Å². The quantitative estimate of drug-likeness (QED) is 0.719. The number of rotatable bonds is 5. The van der Waals surface area contributed by atoms with E-state index in [-0.39, 0.29) is 23.4 Å². The molecule has 0 unspecified atom stereocenters. The van der Waals surface area contributed by atoms with E-state index >= 15 is 0 Å². The molecule has 0 N–H and O–H groups in total. The second kappa shape index (κ2) is 6.84. The molecule has 0 amide bonds. The number of hydrogen-bond acceptors (Lipinski definition) is 3. The maximum Gasteiger partial charge on any atom is 0.495 e. The van der Waals surface area contributed by atoms with Crippen LogP contribution in [-0.4, -0.2) is 33.2 Å². The Labute approximate surface area is 155 Å². The van der Waals surface area contributed by atoms with Crippen LogP contribution < -0.4 is 5.46 Å². The van der Waals surface area contributed by atoms with Crippen molar-refractivity contribution < 1.29 is 13.7 Å². The zero-order valence-corrected chi connectivity index (χ0v) is 18.5. The molecule has 5 heteroatoms. The highest BCUT2D eigenvalue weighted by Crippen LogP contribution is 2.37. The molecule has 0 atom stereocenters. The molecule has 1 aromatic rings. The molecule has 0 aromatic heterocycles. The highest BCUT2D eigenvalue weighted by molar-refractivity contribution is 6.74. The third kappa shape index (κ3) is 4.38. The molecule has 0 radical (unpaired) electrons. The van der Waals surface area contributed by atoms with Crippen molar-refractivity contribution in [1.82, 2.24) is 0 Å². The maximum atomic E-state index is 6.35. The number of benzene rings is 1. The standard InChI is InChI=1S/C20H35BO3Si/c1-18(2,3)25(8,9)22-15-14-16-12-10-11-13-17(16)21-23-19(4,5)20(6,7)24-21/h10-13H,14-15H2,1-9H3. The molecule has 0 saturated carbocycles. The highest BCUT2D eigenvalue weighted by atomic mass is 28.4. The van der Waals surface area contributed by atoms with E-state index in [1.807, 2.05) is 0 Å². The second-order valence-electron chi connectivity index (χ2n) is 9.65. The zero-order valence-electron chi connectivity index (χ0n) is 17.5. The summed E-state index contributed by atoms with van der Waals surface area (Å²) >= 11 is 0. The van der Waals surface area contributed by atoms with Gasteiger partial charge in [0.15, 0.2) is 8.32 Å². The fourth-order valence-electron chi connectivity index (χ4n) is 2.59. The molecule has 0 spiro atoms. The van der Waals surface area contributed by atoms with E-state index in [0.717, 1.165) is 18.5 Å². The normalized spacial score (nSPS) is 20.1. The second-order valence-corrected chi connectivity index (χ2v) is 14.5. The van der Waals surface area contributed by atoms with Crippen LogP contribution in [-0.2, 0) is 20.2 Å². The first kappa shape index (κ1) is 20.7. The van der Waals surface area contributed by atoms with Gasteiger partial charge in [0.1, 0.15) is 0 Å². The Morgan fingerprint density at radius 1 is 1.00 bits per heavy atom. The Morgan fingerprint density at radius 2 is 1.52 bits per heavy atom. The molecule has 25 heavy (non-hydrogen) atoms. The molecule has 1 saturated heterocycles. The Balaban J connectivity index is 2.10. The molecule has 1 aliphatic heterocycles. The molecule has 2 rings (SSSR count). The van der Waals surface area contributed by atoms with Crippen LogP contribution in [0.2, 0.25) is 18.1 Å². The van der Waals surface area contributed by atoms with E-state index < -0.39 is 8.32 Å². The van der Waals surface area contributed by atoms with Crippen LogP contribution in [0.25, 0.3) is 0 Å². The molecule has 3 nitrogen and oxygen atoms in total. The van der Waals surface area contributed by atoms with Gasteiger partial charge in [0.25, 0.3) is 0 Å². The Bertz CT molecular complexity index is 589. The number of hydrogen-bond donors (Lipinski definition) is 0. The summed E-state index contributed by atoms with van der Waals surface area (Å²) in [6.45, 7) is 20.5. The molecule has 0 aliphatic carbocycles. The van der Waals surface area contributed by atoms with E-state index in [0.29, 0.717) is 0 Å². The average molecular weight is 362 g/mol. The van der Waals surface area contributed by atoms with E-state index in [2.05, 4.69) is 85.8 Å². The summed E-state index contributed by atoms with van der Waals surface area (Å²) in [5.41, 5.74) is 1.74. The SMILES string of the molecule is CC1(C)OB(c2ccccc2CCO[Si](C)(C)C(C)(C)C)OC1(C)C. The lowest BCUT2D eigenvalue weighted by Crippen LogP contribution is -2.42. The van der Waals surface area contributed by atoms with E-state index in [1.54, 1.807) is 0 Å². The van der Waals surface area contributed by atoms with Gasteiger partial charge in [0.05, 0.1) is 11.2 Å². The highest BCUT2D eigenvalue weighted by Gasteiger charge is 2.52. The summed E-state index contributed by atoms with van der Waals surface area (Å²) in [6, 6.07) is 8.41. The first-order valence-corrected chi connectivity index (χ1v) is 12.3.